The highest BCUT2D eigenvalue weighted by Crippen LogP contribution is 2.33. The number of ether oxygens (including phenoxy) is 1. The molecular formula is C23H20ClN5O3. The van der Waals surface area contributed by atoms with Gasteiger partial charge in [0.15, 0.2) is 11.2 Å². The van der Waals surface area contributed by atoms with Crippen molar-refractivity contribution < 1.29 is 4.74 Å². The maximum absolute atomic E-state index is 13.0. The standard InChI is InChI=1S/C23H20ClN5O3/c1-4-32-18-11-10-14(12-16(18)24)17-13-28-19-20(26(2)23(31)27(3)21(19)30)25-22(28)29(17)15-8-6-5-7-9-15/h5-13H,4H2,1-3H3. The maximum Gasteiger partial charge on any atom is 0.332 e. The molecule has 162 valence electrons. The molecule has 0 saturated heterocycles. The first kappa shape index (κ1) is 20.1. The molecule has 0 aliphatic heterocycles. The van der Waals surface area contributed by atoms with Crippen LogP contribution in [0.1, 0.15) is 6.92 Å². The Morgan fingerprint density at radius 3 is 2.47 bits per heavy atom. The summed E-state index contributed by atoms with van der Waals surface area (Å²) in [5.41, 5.74) is 2.32. The molecule has 8 nitrogen and oxygen atoms in total. The van der Waals surface area contributed by atoms with Gasteiger partial charge in [0.05, 0.1) is 17.3 Å². The molecule has 9 heteroatoms. The van der Waals surface area contributed by atoms with Gasteiger partial charge < -0.3 is 4.74 Å². The summed E-state index contributed by atoms with van der Waals surface area (Å²) in [7, 11) is 3.07. The van der Waals surface area contributed by atoms with Gasteiger partial charge in [-0.25, -0.2) is 4.79 Å². The lowest BCUT2D eigenvalue weighted by Crippen LogP contribution is -2.37. The number of rotatable bonds is 4. The van der Waals surface area contributed by atoms with Crippen LogP contribution in [0, 0.1) is 0 Å². The number of imidazole rings is 2. The molecule has 3 aromatic heterocycles. The molecule has 5 rings (SSSR count). The molecule has 0 atom stereocenters. The molecule has 0 N–H and O–H groups in total. The average Bonchev–Trinajstić information content (AvgIpc) is 3.34. The van der Waals surface area contributed by atoms with Gasteiger partial charge in [-0.3, -0.25) is 22.9 Å². The summed E-state index contributed by atoms with van der Waals surface area (Å²) in [4.78, 5) is 30.1. The van der Waals surface area contributed by atoms with Crippen molar-refractivity contribution in [3.63, 3.8) is 0 Å². The molecule has 3 heterocycles. The Hall–Kier alpha value is -3.78. The third kappa shape index (κ3) is 2.87. The van der Waals surface area contributed by atoms with Gasteiger partial charge in [-0.2, -0.15) is 4.98 Å². The van der Waals surface area contributed by atoms with E-state index in [4.69, 9.17) is 16.3 Å². The Kier molecular flexibility index (Phi) is 4.67. The normalized spacial score (nSPS) is 11.5. The minimum atomic E-state index is -0.423. The van der Waals surface area contributed by atoms with Gasteiger partial charge in [0.1, 0.15) is 5.75 Å². The number of para-hydroxylation sites is 1. The maximum atomic E-state index is 13.0. The van der Waals surface area contributed by atoms with E-state index in [-0.39, 0.29) is 0 Å². The number of fused-ring (bicyclic) bond motifs is 3. The lowest BCUT2D eigenvalue weighted by Gasteiger charge is -2.11. The summed E-state index contributed by atoms with van der Waals surface area (Å²) in [5.74, 6) is 1.12. The SMILES string of the molecule is CCOc1ccc(-c2cn3c4c(=O)n(C)c(=O)n(C)c4nc3n2-c2ccccc2)cc1Cl. The van der Waals surface area contributed by atoms with Crippen molar-refractivity contribution in [3.05, 3.63) is 80.6 Å². The molecule has 0 unspecified atom stereocenters. The van der Waals surface area contributed by atoms with Crippen LogP contribution in [0.3, 0.4) is 0 Å². The van der Waals surface area contributed by atoms with Gasteiger partial charge in [0.2, 0.25) is 5.78 Å². The topological polar surface area (TPSA) is 75.5 Å². The smallest absolute Gasteiger partial charge is 0.332 e. The zero-order valence-electron chi connectivity index (χ0n) is 17.7. The molecule has 0 spiro atoms. The van der Waals surface area contributed by atoms with Crippen LogP contribution in [0.15, 0.2) is 64.3 Å². The highest BCUT2D eigenvalue weighted by atomic mass is 35.5. The predicted octanol–water partition coefficient (Wildman–Crippen LogP) is 3.39. The molecule has 0 bridgehead atoms. The minimum absolute atomic E-state index is 0.328. The van der Waals surface area contributed by atoms with E-state index in [0.29, 0.717) is 34.3 Å². The third-order valence-corrected chi connectivity index (χ3v) is 5.80. The quantitative estimate of drug-likeness (QED) is 0.421. The van der Waals surface area contributed by atoms with Crippen LogP contribution in [0.2, 0.25) is 5.02 Å². The number of aromatic nitrogens is 5. The second-order valence-corrected chi connectivity index (χ2v) is 7.83. The summed E-state index contributed by atoms with van der Waals surface area (Å²) in [5, 5.41) is 0.492. The van der Waals surface area contributed by atoms with E-state index in [1.54, 1.807) is 11.4 Å². The Labute approximate surface area is 187 Å². The largest absolute Gasteiger partial charge is 0.492 e. The van der Waals surface area contributed by atoms with E-state index < -0.39 is 11.2 Å². The number of halogens is 1. The molecule has 0 radical (unpaired) electrons. The molecule has 0 amide bonds. The van der Waals surface area contributed by atoms with E-state index in [9.17, 15) is 9.59 Å². The first-order valence-corrected chi connectivity index (χ1v) is 10.5. The van der Waals surface area contributed by atoms with Gasteiger partial charge in [-0.15, -0.1) is 0 Å². The summed E-state index contributed by atoms with van der Waals surface area (Å²) < 4.78 is 11.7. The summed E-state index contributed by atoms with van der Waals surface area (Å²) in [6.07, 6.45) is 1.84. The van der Waals surface area contributed by atoms with Crippen LogP contribution in [0.4, 0.5) is 0 Å². The second kappa shape index (κ2) is 7.42. The van der Waals surface area contributed by atoms with Gasteiger partial charge in [-0.1, -0.05) is 29.8 Å². The van der Waals surface area contributed by atoms with Crippen molar-refractivity contribution in [3.8, 4) is 22.7 Å². The number of hydrogen-bond acceptors (Lipinski definition) is 4. The Bertz CT molecular complexity index is 1610. The molecule has 0 aliphatic carbocycles. The van der Waals surface area contributed by atoms with Crippen molar-refractivity contribution in [2.45, 2.75) is 6.92 Å². The number of nitrogens with zero attached hydrogens (tertiary/aromatic N) is 5. The molecule has 0 saturated carbocycles. The van der Waals surface area contributed by atoms with Gasteiger partial charge in [-0.05, 0) is 37.3 Å². The second-order valence-electron chi connectivity index (χ2n) is 7.42. The number of aryl methyl sites for hydroxylation is 1. The van der Waals surface area contributed by atoms with E-state index >= 15 is 0 Å². The van der Waals surface area contributed by atoms with Crippen molar-refractivity contribution in [1.82, 2.24) is 23.1 Å². The van der Waals surface area contributed by atoms with Crippen molar-refractivity contribution in [1.29, 1.82) is 0 Å². The molecule has 0 aliphatic rings. The number of benzene rings is 2. The van der Waals surface area contributed by atoms with E-state index in [1.165, 1.54) is 11.6 Å². The van der Waals surface area contributed by atoms with E-state index in [2.05, 4.69) is 4.98 Å². The van der Waals surface area contributed by atoms with Gasteiger partial charge >= 0.3 is 5.69 Å². The monoisotopic (exact) mass is 449 g/mol. The first-order valence-electron chi connectivity index (χ1n) is 10.1. The highest BCUT2D eigenvalue weighted by Gasteiger charge is 2.22. The van der Waals surface area contributed by atoms with E-state index in [1.807, 2.05) is 66.2 Å². The first-order chi connectivity index (χ1) is 15.4. The van der Waals surface area contributed by atoms with Gasteiger partial charge in [0, 0.05) is 31.5 Å². The Morgan fingerprint density at radius 2 is 1.78 bits per heavy atom. The third-order valence-electron chi connectivity index (χ3n) is 5.51. The average molecular weight is 450 g/mol. The van der Waals surface area contributed by atoms with Crippen LogP contribution in [0.25, 0.3) is 33.9 Å². The summed E-state index contributed by atoms with van der Waals surface area (Å²) >= 11 is 6.46. The van der Waals surface area contributed by atoms with Crippen LogP contribution in [0.5, 0.6) is 5.75 Å². The van der Waals surface area contributed by atoms with Crippen LogP contribution >= 0.6 is 11.6 Å². The molecule has 5 aromatic rings. The molecular weight excluding hydrogens is 430 g/mol. The van der Waals surface area contributed by atoms with Crippen LogP contribution in [-0.2, 0) is 14.1 Å². The number of hydrogen-bond donors (Lipinski definition) is 0. The fourth-order valence-corrected chi connectivity index (χ4v) is 4.17. The van der Waals surface area contributed by atoms with Crippen LogP contribution in [-0.4, -0.2) is 29.7 Å². The van der Waals surface area contributed by atoms with Gasteiger partial charge in [0.25, 0.3) is 5.56 Å². The molecule has 2 aromatic carbocycles. The van der Waals surface area contributed by atoms with Crippen LogP contribution < -0.4 is 16.0 Å². The van der Waals surface area contributed by atoms with Crippen molar-refractivity contribution in [2.24, 2.45) is 14.1 Å². The highest BCUT2D eigenvalue weighted by molar-refractivity contribution is 6.32. The Morgan fingerprint density at radius 1 is 1.03 bits per heavy atom. The molecule has 32 heavy (non-hydrogen) atoms. The Balaban J connectivity index is 1.89. The zero-order valence-corrected chi connectivity index (χ0v) is 18.5. The fraction of sp³-hybridized carbons (Fsp3) is 0.174. The summed E-state index contributed by atoms with van der Waals surface area (Å²) in [6.45, 7) is 2.42. The fourth-order valence-electron chi connectivity index (χ4n) is 3.94. The van der Waals surface area contributed by atoms with E-state index in [0.717, 1.165) is 21.5 Å². The zero-order chi connectivity index (χ0) is 22.6. The summed E-state index contributed by atoms with van der Waals surface area (Å²) in [6, 6.07) is 15.3. The molecule has 0 fully saturated rings. The lowest BCUT2D eigenvalue weighted by atomic mass is 10.1. The van der Waals surface area contributed by atoms with Crippen molar-refractivity contribution in [2.75, 3.05) is 6.61 Å². The van der Waals surface area contributed by atoms with Crippen molar-refractivity contribution >= 4 is 28.5 Å². The lowest BCUT2D eigenvalue weighted by molar-refractivity contribution is 0.340. The minimum Gasteiger partial charge on any atom is -0.492 e. The predicted molar refractivity (Wildman–Crippen MR) is 124 cm³/mol.